The summed E-state index contributed by atoms with van der Waals surface area (Å²) in [4.78, 5) is 4.27. The Morgan fingerprint density at radius 1 is 1.23 bits per heavy atom. The second kappa shape index (κ2) is 7.61. The summed E-state index contributed by atoms with van der Waals surface area (Å²) in [5.74, 6) is 1.68. The fraction of sp³-hybridized carbons (Fsp3) is 0.471. The molecule has 4 nitrogen and oxygen atoms in total. The third kappa shape index (κ3) is 3.99. The Hall–Kier alpha value is -1.59. The van der Waals surface area contributed by atoms with Crippen molar-refractivity contribution < 1.29 is 9.47 Å². The molecule has 0 atom stereocenters. The quantitative estimate of drug-likeness (QED) is 0.844. The maximum Gasteiger partial charge on any atom is 0.161 e. The van der Waals surface area contributed by atoms with Gasteiger partial charge in [-0.25, -0.2) is 4.98 Å². The number of nitrogens with one attached hydrogen (secondary N) is 1. The van der Waals surface area contributed by atoms with Crippen LogP contribution in [-0.2, 0) is 13.1 Å². The topological polar surface area (TPSA) is 43.4 Å². The van der Waals surface area contributed by atoms with E-state index in [1.54, 1.807) is 18.4 Å². The van der Waals surface area contributed by atoms with Crippen LogP contribution in [0, 0.1) is 0 Å². The molecule has 5 heteroatoms. The molecule has 0 unspecified atom stereocenters. The largest absolute Gasteiger partial charge is 0.493 e. The van der Waals surface area contributed by atoms with Gasteiger partial charge in [0.2, 0.25) is 0 Å². The van der Waals surface area contributed by atoms with Crippen LogP contribution in [0.1, 0.15) is 36.9 Å². The summed E-state index contributed by atoms with van der Waals surface area (Å²) in [6, 6.07) is 6.16. The number of rotatable bonds is 7. The van der Waals surface area contributed by atoms with Gasteiger partial charge in [0.05, 0.1) is 24.4 Å². The summed E-state index contributed by atoms with van der Waals surface area (Å²) in [5.41, 5.74) is 4.14. The highest BCUT2D eigenvalue weighted by molar-refractivity contribution is 7.07. The number of nitrogens with zero attached hydrogens (tertiary/aromatic N) is 1. The molecule has 1 saturated carbocycles. The maximum atomic E-state index is 6.13. The fourth-order valence-corrected chi connectivity index (χ4v) is 3.33. The van der Waals surface area contributed by atoms with Gasteiger partial charge < -0.3 is 14.8 Å². The van der Waals surface area contributed by atoms with Crippen molar-refractivity contribution in [2.24, 2.45) is 0 Å². The molecule has 1 aromatic carbocycles. The molecule has 1 fully saturated rings. The van der Waals surface area contributed by atoms with Gasteiger partial charge in [0, 0.05) is 18.5 Å². The molecule has 3 rings (SSSR count). The molecule has 0 amide bonds. The van der Waals surface area contributed by atoms with Crippen LogP contribution in [0.25, 0.3) is 0 Å². The van der Waals surface area contributed by atoms with Gasteiger partial charge in [-0.05, 0) is 43.4 Å². The van der Waals surface area contributed by atoms with E-state index < -0.39 is 0 Å². The minimum atomic E-state index is 0.340. The van der Waals surface area contributed by atoms with E-state index in [0.717, 1.165) is 43.1 Å². The molecule has 0 radical (unpaired) electrons. The van der Waals surface area contributed by atoms with Crippen LogP contribution in [0.15, 0.2) is 29.1 Å². The summed E-state index contributed by atoms with van der Waals surface area (Å²) in [5, 5.41) is 5.48. The van der Waals surface area contributed by atoms with Crippen molar-refractivity contribution in [1.82, 2.24) is 10.3 Å². The first-order valence-corrected chi connectivity index (χ1v) is 8.71. The predicted molar refractivity (Wildman–Crippen MR) is 88.5 cm³/mol. The molecule has 0 spiro atoms. The minimum Gasteiger partial charge on any atom is -0.493 e. The average molecular weight is 318 g/mol. The Bertz CT molecular complexity index is 580. The minimum absolute atomic E-state index is 0.340. The van der Waals surface area contributed by atoms with E-state index in [-0.39, 0.29) is 0 Å². The maximum absolute atomic E-state index is 6.13. The number of aromatic nitrogens is 1. The Balaban J connectivity index is 1.61. The number of benzene rings is 1. The van der Waals surface area contributed by atoms with Gasteiger partial charge in [0.25, 0.3) is 0 Å². The van der Waals surface area contributed by atoms with Gasteiger partial charge >= 0.3 is 0 Å². The van der Waals surface area contributed by atoms with Crippen molar-refractivity contribution in [2.45, 2.75) is 44.9 Å². The van der Waals surface area contributed by atoms with Crippen LogP contribution in [0.5, 0.6) is 11.5 Å². The third-order valence-electron chi connectivity index (χ3n) is 3.94. The number of hydrogen-bond acceptors (Lipinski definition) is 5. The van der Waals surface area contributed by atoms with E-state index in [0.29, 0.717) is 6.10 Å². The van der Waals surface area contributed by atoms with Crippen LogP contribution in [0.4, 0.5) is 0 Å². The second-order valence-corrected chi connectivity index (χ2v) is 6.31. The molecule has 2 aromatic rings. The monoisotopic (exact) mass is 318 g/mol. The molecular weight excluding hydrogens is 296 g/mol. The molecule has 0 saturated heterocycles. The van der Waals surface area contributed by atoms with Crippen molar-refractivity contribution in [1.29, 1.82) is 0 Å². The van der Waals surface area contributed by atoms with E-state index in [1.807, 2.05) is 11.6 Å². The van der Waals surface area contributed by atoms with Gasteiger partial charge in [-0.15, -0.1) is 11.3 Å². The van der Waals surface area contributed by atoms with Crippen molar-refractivity contribution in [2.75, 3.05) is 7.11 Å². The number of hydrogen-bond donors (Lipinski definition) is 1. The third-order valence-corrected chi connectivity index (χ3v) is 4.58. The number of methoxy groups -OCH3 is 1. The lowest BCUT2D eigenvalue weighted by atomic mass is 10.2. The van der Waals surface area contributed by atoms with E-state index in [1.165, 1.54) is 18.4 Å². The van der Waals surface area contributed by atoms with Crippen LogP contribution in [0.2, 0.25) is 0 Å². The summed E-state index contributed by atoms with van der Waals surface area (Å²) in [6.45, 7) is 1.58. The second-order valence-electron chi connectivity index (χ2n) is 5.59. The smallest absolute Gasteiger partial charge is 0.161 e. The first kappa shape index (κ1) is 15.3. The van der Waals surface area contributed by atoms with Crippen molar-refractivity contribution in [3.05, 3.63) is 40.3 Å². The Morgan fingerprint density at radius 2 is 2.09 bits per heavy atom. The molecule has 0 bridgehead atoms. The average Bonchev–Trinajstić information content (AvgIpc) is 3.21. The molecular formula is C17H22N2O2S. The van der Waals surface area contributed by atoms with Crippen molar-refractivity contribution in [3.63, 3.8) is 0 Å². The lowest BCUT2D eigenvalue weighted by molar-refractivity contribution is 0.200. The molecule has 1 aromatic heterocycles. The molecule has 1 aliphatic carbocycles. The SMILES string of the molecule is COc1ccc(CNCc2cscn2)cc1OC1CCCC1. The standard InChI is InChI=1S/C17H22N2O2S/c1-20-16-7-6-13(9-18-10-14-11-22-12-19-14)8-17(16)21-15-4-2-3-5-15/h6-8,11-12,15,18H,2-5,9-10H2,1H3. The van der Waals surface area contributed by atoms with E-state index in [9.17, 15) is 0 Å². The molecule has 22 heavy (non-hydrogen) atoms. The van der Waals surface area contributed by atoms with Crippen LogP contribution >= 0.6 is 11.3 Å². The van der Waals surface area contributed by atoms with E-state index >= 15 is 0 Å². The molecule has 118 valence electrons. The van der Waals surface area contributed by atoms with Gasteiger partial charge in [0.15, 0.2) is 11.5 Å². The van der Waals surface area contributed by atoms with Gasteiger partial charge in [-0.1, -0.05) is 6.07 Å². The van der Waals surface area contributed by atoms with Crippen molar-refractivity contribution >= 4 is 11.3 Å². The first-order valence-electron chi connectivity index (χ1n) is 7.76. The summed E-state index contributed by atoms with van der Waals surface area (Å²) < 4.78 is 11.5. The van der Waals surface area contributed by atoms with E-state index in [4.69, 9.17) is 9.47 Å². The molecule has 1 N–H and O–H groups in total. The zero-order valence-electron chi connectivity index (χ0n) is 12.9. The van der Waals surface area contributed by atoms with Crippen LogP contribution in [0.3, 0.4) is 0 Å². The number of ether oxygens (including phenoxy) is 2. The lowest BCUT2D eigenvalue weighted by Gasteiger charge is -2.17. The Labute approximate surface area is 135 Å². The van der Waals surface area contributed by atoms with Gasteiger partial charge in [0.1, 0.15) is 0 Å². The summed E-state index contributed by atoms with van der Waals surface area (Å²) in [7, 11) is 1.69. The Morgan fingerprint density at radius 3 is 2.82 bits per heavy atom. The van der Waals surface area contributed by atoms with Crippen molar-refractivity contribution in [3.8, 4) is 11.5 Å². The normalized spacial score (nSPS) is 15.1. The highest BCUT2D eigenvalue weighted by Crippen LogP contribution is 2.32. The molecule has 1 aliphatic rings. The van der Waals surface area contributed by atoms with Gasteiger partial charge in [-0.3, -0.25) is 0 Å². The zero-order valence-corrected chi connectivity index (χ0v) is 13.7. The highest BCUT2D eigenvalue weighted by Gasteiger charge is 2.18. The van der Waals surface area contributed by atoms with Crippen LogP contribution in [-0.4, -0.2) is 18.2 Å². The fourth-order valence-electron chi connectivity index (χ4n) is 2.77. The van der Waals surface area contributed by atoms with Crippen LogP contribution < -0.4 is 14.8 Å². The van der Waals surface area contributed by atoms with E-state index in [2.05, 4.69) is 27.8 Å². The highest BCUT2D eigenvalue weighted by atomic mass is 32.1. The molecule has 0 aliphatic heterocycles. The molecule has 1 heterocycles. The zero-order chi connectivity index (χ0) is 15.2. The Kier molecular flexibility index (Phi) is 5.29. The first-order chi connectivity index (χ1) is 10.8. The summed E-state index contributed by atoms with van der Waals surface area (Å²) in [6.07, 6.45) is 5.17. The predicted octanol–water partition coefficient (Wildman–Crippen LogP) is 3.76. The van der Waals surface area contributed by atoms with Gasteiger partial charge in [-0.2, -0.15) is 0 Å². The summed E-state index contributed by atoms with van der Waals surface area (Å²) >= 11 is 1.62. The number of thiazole rings is 1. The lowest BCUT2D eigenvalue weighted by Crippen LogP contribution is -2.14.